The number of nitrogens with two attached hydrogens (primary N) is 1. The quantitative estimate of drug-likeness (QED) is 0.725. The average Bonchev–Trinajstić information content (AvgIpc) is 3.05. The van der Waals surface area contributed by atoms with Crippen molar-refractivity contribution >= 4 is 5.91 Å². The fourth-order valence-electron chi connectivity index (χ4n) is 1.52. The van der Waals surface area contributed by atoms with Gasteiger partial charge >= 0.3 is 0 Å². The zero-order valence-corrected chi connectivity index (χ0v) is 8.98. The first-order valence-electron chi connectivity index (χ1n) is 5.38. The van der Waals surface area contributed by atoms with Crippen molar-refractivity contribution in [1.29, 1.82) is 0 Å². The molecule has 0 atom stereocenters. The van der Waals surface area contributed by atoms with Crippen molar-refractivity contribution in [3.05, 3.63) is 34.2 Å². The number of nitrogens with one attached hydrogen (secondary N) is 1. The summed E-state index contributed by atoms with van der Waals surface area (Å²) in [5.74, 6) is -0.112. The van der Waals surface area contributed by atoms with Gasteiger partial charge in [0, 0.05) is 24.3 Å². The molecule has 5 nitrogen and oxygen atoms in total. The largest absolute Gasteiger partial charge is 0.352 e. The van der Waals surface area contributed by atoms with Gasteiger partial charge in [-0.2, -0.15) is 0 Å². The van der Waals surface area contributed by atoms with Gasteiger partial charge in [-0.05, 0) is 18.9 Å². The van der Waals surface area contributed by atoms with Crippen LogP contribution in [0.2, 0.25) is 0 Å². The first-order valence-corrected chi connectivity index (χ1v) is 5.38. The van der Waals surface area contributed by atoms with Crippen molar-refractivity contribution in [1.82, 2.24) is 9.88 Å². The number of aromatic nitrogens is 1. The molecule has 3 N–H and O–H groups in total. The number of amides is 1. The van der Waals surface area contributed by atoms with Gasteiger partial charge in [0.1, 0.15) is 6.54 Å². The molecule has 1 saturated carbocycles. The summed E-state index contributed by atoms with van der Waals surface area (Å²) in [6.07, 6.45) is 3.70. The van der Waals surface area contributed by atoms with Crippen LogP contribution in [0.4, 0.5) is 0 Å². The molecule has 0 saturated heterocycles. The van der Waals surface area contributed by atoms with Crippen molar-refractivity contribution in [2.75, 3.05) is 0 Å². The second-order valence-corrected chi connectivity index (χ2v) is 4.01. The van der Waals surface area contributed by atoms with Crippen LogP contribution in [0.15, 0.2) is 23.1 Å². The predicted octanol–water partition coefficient (Wildman–Crippen LogP) is -0.414. The smallest absolute Gasteiger partial charge is 0.255 e. The van der Waals surface area contributed by atoms with Gasteiger partial charge in [0.2, 0.25) is 5.91 Å². The molecule has 0 aliphatic heterocycles. The van der Waals surface area contributed by atoms with Crippen LogP contribution in [-0.4, -0.2) is 16.5 Å². The van der Waals surface area contributed by atoms with Gasteiger partial charge in [0.15, 0.2) is 0 Å². The first kappa shape index (κ1) is 10.9. The van der Waals surface area contributed by atoms with Crippen molar-refractivity contribution in [3.8, 4) is 0 Å². The Balaban J connectivity index is 2.08. The van der Waals surface area contributed by atoms with Crippen molar-refractivity contribution in [3.63, 3.8) is 0 Å². The molecule has 1 aromatic rings. The van der Waals surface area contributed by atoms with Crippen molar-refractivity contribution in [2.45, 2.75) is 32.0 Å². The maximum atomic E-state index is 11.7. The lowest BCUT2D eigenvalue weighted by Crippen LogP contribution is -2.34. The third kappa shape index (κ3) is 2.49. The molecule has 16 heavy (non-hydrogen) atoms. The van der Waals surface area contributed by atoms with E-state index in [1.54, 1.807) is 18.3 Å². The molecule has 0 radical (unpaired) electrons. The summed E-state index contributed by atoms with van der Waals surface area (Å²) in [7, 11) is 0. The Morgan fingerprint density at radius 2 is 2.31 bits per heavy atom. The minimum atomic E-state index is -0.184. The van der Waals surface area contributed by atoms with E-state index in [4.69, 9.17) is 5.73 Å². The lowest BCUT2D eigenvalue weighted by atomic mass is 10.3. The van der Waals surface area contributed by atoms with E-state index in [0.717, 1.165) is 12.8 Å². The Hall–Kier alpha value is -1.62. The molecule has 2 rings (SSSR count). The normalized spacial score (nSPS) is 14.8. The summed E-state index contributed by atoms with van der Waals surface area (Å²) in [4.78, 5) is 23.3. The highest BCUT2D eigenvalue weighted by molar-refractivity contribution is 5.76. The molecule has 0 bridgehead atoms. The molecular weight excluding hydrogens is 206 g/mol. The highest BCUT2D eigenvalue weighted by Gasteiger charge is 2.23. The molecule has 1 aliphatic carbocycles. The van der Waals surface area contributed by atoms with E-state index in [2.05, 4.69) is 5.32 Å². The molecular formula is C11H15N3O2. The van der Waals surface area contributed by atoms with E-state index in [9.17, 15) is 9.59 Å². The Bertz CT molecular complexity index is 449. The topological polar surface area (TPSA) is 77.1 Å². The summed E-state index contributed by atoms with van der Waals surface area (Å²) in [6, 6.07) is 3.73. The van der Waals surface area contributed by atoms with E-state index in [0.29, 0.717) is 11.6 Å². The molecule has 1 amide bonds. The van der Waals surface area contributed by atoms with E-state index >= 15 is 0 Å². The minimum Gasteiger partial charge on any atom is -0.352 e. The molecule has 5 heteroatoms. The maximum absolute atomic E-state index is 11.7. The summed E-state index contributed by atoms with van der Waals surface area (Å²) in [6.45, 7) is 0.271. The van der Waals surface area contributed by atoms with Crippen LogP contribution in [0.5, 0.6) is 0 Å². The van der Waals surface area contributed by atoms with Crippen LogP contribution in [-0.2, 0) is 17.9 Å². The molecule has 0 unspecified atom stereocenters. The number of carbonyl (C=O) groups excluding carboxylic acids is 1. The number of hydrogen-bond donors (Lipinski definition) is 2. The highest BCUT2D eigenvalue weighted by Crippen LogP contribution is 2.18. The number of pyridine rings is 1. The third-order valence-corrected chi connectivity index (χ3v) is 2.58. The van der Waals surface area contributed by atoms with Gasteiger partial charge < -0.3 is 15.6 Å². The molecule has 1 heterocycles. The molecule has 1 aromatic heterocycles. The van der Waals surface area contributed by atoms with Crippen molar-refractivity contribution < 1.29 is 4.79 Å². The van der Waals surface area contributed by atoms with Crippen LogP contribution >= 0.6 is 0 Å². The predicted molar refractivity (Wildman–Crippen MR) is 59.8 cm³/mol. The molecule has 0 aromatic carbocycles. The van der Waals surface area contributed by atoms with E-state index in [-0.39, 0.29) is 24.6 Å². The fourth-order valence-corrected chi connectivity index (χ4v) is 1.52. The number of hydrogen-bond acceptors (Lipinski definition) is 3. The van der Waals surface area contributed by atoms with Gasteiger partial charge in [-0.15, -0.1) is 0 Å². The molecule has 86 valence electrons. The van der Waals surface area contributed by atoms with Crippen molar-refractivity contribution in [2.24, 2.45) is 5.73 Å². The standard InChI is InChI=1S/C11H15N3O2/c12-6-8-2-1-5-14(11(8)16)7-10(15)13-9-3-4-9/h1-2,5,9H,3-4,6-7,12H2,(H,13,15). The second-order valence-electron chi connectivity index (χ2n) is 4.01. The zero-order valence-electron chi connectivity index (χ0n) is 8.98. The molecule has 0 spiro atoms. The van der Waals surface area contributed by atoms with E-state index in [1.165, 1.54) is 4.57 Å². The Labute approximate surface area is 93.3 Å². The van der Waals surface area contributed by atoms with Crippen LogP contribution in [0, 0.1) is 0 Å². The zero-order chi connectivity index (χ0) is 11.5. The SMILES string of the molecule is NCc1cccn(CC(=O)NC2CC2)c1=O. The van der Waals surface area contributed by atoms with Gasteiger partial charge in [0.05, 0.1) is 0 Å². The second kappa shape index (κ2) is 4.49. The Kier molecular flexibility index (Phi) is 3.05. The molecule has 1 aliphatic rings. The highest BCUT2D eigenvalue weighted by atomic mass is 16.2. The van der Waals surface area contributed by atoms with Crippen LogP contribution in [0.25, 0.3) is 0 Å². The van der Waals surface area contributed by atoms with Crippen LogP contribution in [0.3, 0.4) is 0 Å². The minimum absolute atomic E-state index is 0.0726. The van der Waals surface area contributed by atoms with Crippen LogP contribution < -0.4 is 16.6 Å². The van der Waals surface area contributed by atoms with Gasteiger partial charge in [-0.1, -0.05) is 6.07 Å². The number of nitrogens with zero attached hydrogens (tertiary/aromatic N) is 1. The number of rotatable bonds is 4. The monoisotopic (exact) mass is 221 g/mol. The Morgan fingerprint density at radius 1 is 1.56 bits per heavy atom. The van der Waals surface area contributed by atoms with E-state index in [1.807, 2.05) is 0 Å². The summed E-state index contributed by atoms with van der Waals surface area (Å²) in [5, 5.41) is 2.84. The lowest BCUT2D eigenvalue weighted by molar-refractivity contribution is -0.121. The van der Waals surface area contributed by atoms with E-state index < -0.39 is 0 Å². The van der Waals surface area contributed by atoms with Gasteiger partial charge in [-0.25, -0.2) is 0 Å². The maximum Gasteiger partial charge on any atom is 0.255 e. The number of carbonyl (C=O) groups is 1. The van der Waals surface area contributed by atoms with Gasteiger partial charge in [0.25, 0.3) is 5.56 Å². The first-order chi connectivity index (χ1) is 7.70. The average molecular weight is 221 g/mol. The molecule has 1 fully saturated rings. The lowest BCUT2D eigenvalue weighted by Gasteiger charge is -2.07. The third-order valence-electron chi connectivity index (χ3n) is 2.58. The fraction of sp³-hybridized carbons (Fsp3) is 0.455. The Morgan fingerprint density at radius 3 is 2.94 bits per heavy atom. The summed E-state index contributed by atoms with van der Waals surface area (Å²) < 4.78 is 1.39. The van der Waals surface area contributed by atoms with Gasteiger partial charge in [-0.3, -0.25) is 9.59 Å². The summed E-state index contributed by atoms with van der Waals surface area (Å²) in [5.41, 5.74) is 5.77. The summed E-state index contributed by atoms with van der Waals surface area (Å²) >= 11 is 0. The van der Waals surface area contributed by atoms with Crippen LogP contribution in [0.1, 0.15) is 18.4 Å².